The highest BCUT2D eigenvalue weighted by molar-refractivity contribution is 7.99. The van der Waals surface area contributed by atoms with Crippen molar-refractivity contribution < 1.29 is 19.0 Å². The third-order valence-corrected chi connectivity index (χ3v) is 4.52. The van der Waals surface area contributed by atoms with Gasteiger partial charge in [-0.3, -0.25) is 0 Å². The van der Waals surface area contributed by atoms with Crippen LogP contribution >= 0.6 is 11.8 Å². The SMILES string of the molecule is OCc1cn(Cc2ccc(F)cc2)c(SCCC2OCCO2)n1. The number of thioether (sulfide) groups is 1. The number of halogens is 1. The summed E-state index contributed by atoms with van der Waals surface area (Å²) in [7, 11) is 0. The van der Waals surface area contributed by atoms with Crippen LogP contribution in [0.15, 0.2) is 35.6 Å². The molecular weight excluding hydrogens is 319 g/mol. The number of ether oxygens (including phenoxy) is 2. The van der Waals surface area contributed by atoms with Crippen molar-refractivity contribution in [2.75, 3.05) is 19.0 Å². The van der Waals surface area contributed by atoms with Crippen LogP contribution in [-0.4, -0.2) is 39.9 Å². The van der Waals surface area contributed by atoms with Crippen LogP contribution in [0.4, 0.5) is 4.39 Å². The van der Waals surface area contributed by atoms with Gasteiger partial charge in [-0.15, -0.1) is 0 Å². The van der Waals surface area contributed by atoms with E-state index in [1.807, 2.05) is 10.8 Å². The van der Waals surface area contributed by atoms with Gasteiger partial charge in [-0.1, -0.05) is 23.9 Å². The van der Waals surface area contributed by atoms with Gasteiger partial charge in [0.2, 0.25) is 0 Å². The smallest absolute Gasteiger partial charge is 0.168 e. The van der Waals surface area contributed by atoms with Gasteiger partial charge in [-0.25, -0.2) is 9.37 Å². The van der Waals surface area contributed by atoms with E-state index in [1.54, 1.807) is 23.9 Å². The topological polar surface area (TPSA) is 56.5 Å². The fourth-order valence-corrected chi connectivity index (χ4v) is 3.32. The van der Waals surface area contributed by atoms with E-state index in [9.17, 15) is 9.50 Å². The molecule has 1 aromatic heterocycles. The third-order valence-electron chi connectivity index (χ3n) is 3.49. The minimum Gasteiger partial charge on any atom is -0.390 e. The Balaban J connectivity index is 1.63. The molecule has 7 heteroatoms. The molecule has 0 radical (unpaired) electrons. The maximum Gasteiger partial charge on any atom is 0.168 e. The molecule has 0 amide bonds. The average molecular weight is 338 g/mol. The van der Waals surface area contributed by atoms with Crippen LogP contribution in [0.1, 0.15) is 17.7 Å². The van der Waals surface area contributed by atoms with Crippen molar-refractivity contribution in [1.29, 1.82) is 0 Å². The Morgan fingerprint density at radius 1 is 1.26 bits per heavy atom. The second-order valence-corrected chi connectivity index (χ2v) is 6.30. The molecular formula is C16H19FN2O3S. The molecule has 0 atom stereocenters. The zero-order valence-electron chi connectivity index (χ0n) is 12.7. The van der Waals surface area contributed by atoms with E-state index in [2.05, 4.69) is 4.98 Å². The summed E-state index contributed by atoms with van der Waals surface area (Å²) in [5.41, 5.74) is 1.61. The molecule has 124 valence electrons. The van der Waals surface area contributed by atoms with Gasteiger partial charge in [0, 0.05) is 24.9 Å². The number of hydrogen-bond acceptors (Lipinski definition) is 5. The first-order valence-electron chi connectivity index (χ1n) is 7.52. The molecule has 1 aliphatic heterocycles. The monoisotopic (exact) mass is 338 g/mol. The van der Waals surface area contributed by atoms with Gasteiger partial charge in [0.15, 0.2) is 11.4 Å². The molecule has 23 heavy (non-hydrogen) atoms. The Bertz CT molecular complexity index is 627. The summed E-state index contributed by atoms with van der Waals surface area (Å²) in [6.07, 6.45) is 2.50. The fourth-order valence-electron chi connectivity index (χ4n) is 2.36. The van der Waals surface area contributed by atoms with Crippen LogP contribution in [0.5, 0.6) is 0 Å². The quantitative estimate of drug-likeness (QED) is 0.786. The number of imidazole rings is 1. The summed E-state index contributed by atoms with van der Waals surface area (Å²) in [5, 5.41) is 10.1. The number of aliphatic hydroxyl groups is 1. The molecule has 1 fully saturated rings. The molecule has 1 aliphatic rings. The number of nitrogens with zero attached hydrogens (tertiary/aromatic N) is 2. The van der Waals surface area contributed by atoms with Crippen molar-refractivity contribution in [2.45, 2.75) is 31.0 Å². The molecule has 1 aromatic carbocycles. The number of hydrogen-bond donors (Lipinski definition) is 1. The predicted octanol–water partition coefficient (Wildman–Crippen LogP) is 2.42. The first-order chi connectivity index (χ1) is 11.2. The lowest BCUT2D eigenvalue weighted by Crippen LogP contribution is -2.09. The molecule has 1 saturated heterocycles. The van der Waals surface area contributed by atoms with E-state index in [1.165, 1.54) is 12.1 Å². The second-order valence-electron chi connectivity index (χ2n) is 5.24. The highest BCUT2D eigenvalue weighted by Gasteiger charge is 2.16. The van der Waals surface area contributed by atoms with Crippen LogP contribution in [0.2, 0.25) is 0 Å². The molecule has 0 saturated carbocycles. The Kier molecular flexibility index (Phi) is 5.66. The Hall–Kier alpha value is -1.41. The Labute approximate surface area is 138 Å². The maximum atomic E-state index is 13.0. The minimum atomic E-state index is -0.249. The summed E-state index contributed by atoms with van der Waals surface area (Å²) in [5.74, 6) is 0.567. The summed E-state index contributed by atoms with van der Waals surface area (Å²) in [6, 6.07) is 6.40. The number of rotatable bonds is 7. The van der Waals surface area contributed by atoms with E-state index < -0.39 is 0 Å². The third kappa shape index (κ3) is 4.54. The van der Waals surface area contributed by atoms with Gasteiger partial charge < -0.3 is 19.1 Å². The molecule has 0 bridgehead atoms. The lowest BCUT2D eigenvalue weighted by Gasteiger charge is -2.10. The first kappa shape index (κ1) is 16.4. The van der Waals surface area contributed by atoms with Crippen molar-refractivity contribution in [2.24, 2.45) is 0 Å². The minimum absolute atomic E-state index is 0.0984. The van der Waals surface area contributed by atoms with Crippen LogP contribution in [0, 0.1) is 5.82 Å². The van der Waals surface area contributed by atoms with Gasteiger partial charge in [-0.05, 0) is 17.7 Å². The Morgan fingerprint density at radius 2 is 2.00 bits per heavy atom. The van der Waals surface area contributed by atoms with Crippen LogP contribution < -0.4 is 0 Å². The second kappa shape index (κ2) is 7.92. The van der Waals surface area contributed by atoms with Crippen LogP contribution in [0.3, 0.4) is 0 Å². The molecule has 2 heterocycles. The largest absolute Gasteiger partial charge is 0.390 e. The molecule has 3 rings (SSSR count). The summed E-state index contributed by atoms with van der Waals surface area (Å²) in [4.78, 5) is 4.43. The summed E-state index contributed by atoms with van der Waals surface area (Å²) >= 11 is 1.60. The number of aromatic nitrogens is 2. The lowest BCUT2D eigenvalue weighted by atomic mass is 10.2. The van der Waals surface area contributed by atoms with Gasteiger partial charge >= 0.3 is 0 Å². The normalized spacial score (nSPS) is 15.4. The fraction of sp³-hybridized carbons (Fsp3) is 0.438. The van der Waals surface area contributed by atoms with Crippen molar-refractivity contribution in [3.8, 4) is 0 Å². The van der Waals surface area contributed by atoms with Crippen molar-refractivity contribution in [3.63, 3.8) is 0 Å². The molecule has 5 nitrogen and oxygen atoms in total. The van der Waals surface area contributed by atoms with E-state index in [4.69, 9.17) is 9.47 Å². The van der Waals surface area contributed by atoms with E-state index in [0.717, 1.165) is 22.9 Å². The summed E-state index contributed by atoms with van der Waals surface area (Å²) in [6.45, 7) is 1.80. The zero-order valence-corrected chi connectivity index (χ0v) is 13.5. The van der Waals surface area contributed by atoms with Crippen LogP contribution in [0.25, 0.3) is 0 Å². The highest BCUT2D eigenvalue weighted by Crippen LogP contribution is 2.22. The molecule has 0 spiro atoms. The zero-order chi connectivity index (χ0) is 16.1. The molecule has 2 aromatic rings. The van der Waals surface area contributed by atoms with Crippen molar-refractivity contribution in [3.05, 3.63) is 47.5 Å². The lowest BCUT2D eigenvalue weighted by molar-refractivity contribution is -0.0421. The standard InChI is InChI=1S/C16H19FN2O3S/c17-13-3-1-12(2-4-13)9-19-10-14(11-20)18-16(19)23-8-5-15-21-6-7-22-15/h1-4,10,15,20H,5-9,11H2. The van der Waals surface area contributed by atoms with E-state index >= 15 is 0 Å². The maximum absolute atomic E-state index is 13.0. The van der Waals surface area contributed by atoms with Gasteiger partial charge in [0.05, 0.1) is 25.5 Å². The van der Waals surface area contributed by atoms with E-state index in [0.29, 0.717) is 25.5 Å². The van der Waals surface area contributed by atoms with Crippen LogP contribution in [-0.2, 0) is 22.6 Å². The van der Waals surface area contributed by atoms with Crippen molar-refractivity contribution in [1.82, 2.24) is 9.55 Å². The number of aliphatic hydroxyl groups excluding tert-OH is 1. The Morgan fingerprint density at radius 3 is 2.70 bits per heavy atom. The van der Waals surface area contributed by atoms with Crippen molar-refractivity contribution >= 4 is 11.8 Å². The molecule has 0 unspecified atom stereocenters. The first-order valence-corrected chi connectivity index (χ1v) is 8.50. The van der Waals surface area contributed by atoms with Gasteiger partial charge in [0.25, 0.3) is 0 Å². The highest BCUT2D eigenvalue weighted by atomic mass is 32.2. The average Bonchev–Trinajstić information content (AvgIpc) is 3.20. The van der Waals surface area contributed by atoms with E-state index in [-0.39, 0.29) is 18.7 Å². The van der Waals surface area contributed by atoms with Gasteiger partial charge in [0.1, 0.15) is 5.82 Å². The number of benzene rings is 1. The van der Waals surface area contributed by atoms with Gasteiger partial charge in [-0.2, -0.15) is 0 Å². The summed E-state index contributed by atoms with van der Waals surface area (Å²) < 4.78 is 25.8. The predicted molar refractivity (Wildman–Crippen MR) is 84.7 cm³/mol. The molecule has 0 aliphatic carbocycles. The molecule has 1 N–H and O–H groups in total.